The topological polar surface area (TPSA) is 30.3 Å². The van der Waals surface area contributed by atoms with Crippen LogP contribution in [0.3, 0.4) is 0 Å². The van der Waals surface area contributed by atoms with E-state index in [1.807, 2.05) is 0 Å². The van der Waals surface area contributed by atoms with Crippen LogP contribution >= 0.6 is 0 Å². The first-order valence-corrected chi connectivity index (χ1v) is 7.26. The molecule has 1 saturated heterocycles. The summed E-state index contributed by atoms with van der Waals surface area (Å²) in [6, 6.07) is 0.565. The lowest BCUT2D eigenvalue weighted by molar-refractivity contribution is 0.255. The van der Waals surface area contributed by atoms with Crippen LogP contribution in [0.1, 0.15) is 45.4 Å². The van der Waals surface area contributed by atoms with Gasteiger partial charge in [-0.15, -0.1) is 0 Å². The van der Waals surface area contributed by atoms with Crippen LogP contribution in [0.2, 0.25) is 0 Å². The van der Waals surface area contributed by atoms with Gasteiger partial charge in [-0.1, -0.05) is 19.8 Å². The van der Waals surface area contributed by atoms with Gasteiger partial charge in [0, 0.05) is 25.0 Å². The van der Waals surface area contributed by atoms with Gasteiger partial charge in [-0.05, 0) is 39.3 Å². The van der Waals surface area contributed by atoms with Crippen LogP contribution in [0.4, 0.5) is 0 Å². The van der Waals surface area contributed by atoms with Crippen molar-refractivity contribution in [2.75, 3.05) is 26.7 Å². The van der Waals surface area contributed by atoms with Crippen LogP contribution in [0.15, 0.2) is 0 Å². The molecule has 1 saturated carbocycles. The molecule has 1 heterocycles. The molecule has 0 aromatic rings. The Morgan fingerprint density at radius 1 is 1.18 bits per heavy atom. The summed E-state index contributed by atoms with van der Waals surface area (Å²) in [7, 11) is 2.21. The second-order valence-electron chi connectivity index (χ2n) is 5.74. The van der Waals surface area contributed by atoms with Gasteiger partial charge in [-0.25, -0.2) is 0 Å². The summed E-state index contributed by atoms with van der Waals surface area (Å²) in [5.41, 5.74) is 0. The number of nitrogens with one attached hydrogen (secondary N) is 1. The standard InChI is InChI=1S/C14H27N3/c1-3-13-11-16(2)9-6-10-17(13)14(15)12-7-4-5-8-12/h12-13,15H,3-11H2,1-2H3. The van der Waals surface area contributed by atoms with Crippen LogP contribution in [0.5, 0.6) is 0 Å². The van der Waals surface area contributed by atoms with Gasteiger partial charge in [-0.2, -0.15) is 0 Å². The van der Waals surface area contributed by atoms with Gasteiger partial charge in [0.15, 0.2) is 0 Å². The fraction of sp³-hybridized carbons (Fsp3) is 0.929. The van der Waals surface area contributed by atoms with E-state index in [9.17, 15) is 0 Å². The predicted molar refractivity (Wildman–Crippen MR) is 72.6 cm³/mol. The monoisotopic (exact) mass is 237 g/mol. The highest BCUT2D eigenvalue weighted by Crippen LogP contribution is 2.28. The molecule has 3 heteroatoms. The third kappa shape index (κ3) is 3.01. The molecule has 0 amide bonds. The van der Waals surface area contributed by atoms with Gasteiger partial charge < -0.3 is 9.80 Å². The van der Waals surface area contributed by atoms with Gasteiger partial charge in [0.05, 0.1) is 5.84 Å². The van der Waals surface area contributed by atoms with Crippen molar-refractivity contribution >= 4 is 5.84 Å². The average Bonchev–Trinajstić information content (AvgIpc) is 2.78. The van der Waals surface area contributed by atoms with Crippen molar-refractivity contribution in [3.05, 3.63) is 0 Å². The fourth-order valence-electron chi connectivity index (χ4n) is 3.34. The molecule has 1 aliphatic heterocycles. The van der Waals surface area contributed by atoms with E-state index in [1.165, 1.54) is 45.1 Å². The van der Waals surface area contributed by atoms with Crippen molar-refractivity contribution in [3.63, 3.8) is 0 Å². The molecule has 1 unspecified atom stereocenters. The lowest BCUT2D eigenvalue weighted by Gasteiger charge is -2.34. The van der Waals surface area contributed by atoms with Gasteiger partial charge in [0.25, 0.3) is 0 Å². The van der Waals surface area contributed by atoms with Crippen LogP contribution in [-0.4, -0.2) is 48.4 Å². The number of amidine groups is 1. The minimum absolute atomic E-state index is 0.562. The predicted octanol–water partition coefficient (Wildman–Crippen LogP) is 2.57. The first kappa shape index (κ1) is 12.9. The zero-order valence-corrected chi connectivity index (χ0v) is 11.4. The molecule has 1 N–H and O–H groups in total. The van der Waals surface area contributed by atoms with Crippen molar-refractivity contribution in [3.8, 4) is 0 Å². The Bertz CT molecular complexity index is 258. The van der Waals surface area contributed by atoms with E-state index in [4.69, 9.17) is 5.41 Å². The first-order chi connectivity index (χ1) is 8.22. The smallest absolute Gasteiger partial charge is 0.0992 e. The molecule has 0 radical (unpaired) electrons. The molecule has 0 aromatic heterocycles. The van der Waals surface area contributed by atoms with Crippen molar-refractivity contribution < 1.29 is 0 Å². The SMILES string of the molecule is CCC1CN(C)CCCN1C(=N)C1CCCC1. The summed E-state index contributed by atoms with van der Waals surface area (Å²) >= 11 is 0. The third-order valence-corrected chi connectivity index (χ3v) is 4.42. The minimum atomic E-state index is 0.562. The number of likely N-dealkylation sites (N-methyl/N-ethyl adjacent to an activating group) is 1. The Morgan fingerprint density at radius 2 is 1.88 bits per heavy atom. The Labute approximate surface area is 106 Å². The van der Waals surface area contributed by atoms with Gasteiger partial charge in [0.1, 0.15) is 0 Å². The number of hydrogen-bond acceptors (Lipinski definition) is 2. The molecular formula is C14H27N3. The molecule has 3 nitrogen and oxygen atoms in total. The summed E-state index contributed by atoms with van der Waals surface area (Å²) in [6.45, 7) is 5.67. The summed E-state index contributed by atoms with van der Waals surface area (Å²) < 4.78 is 0. The average molecular weight is 237 g/mol. The first-order valence-electron chi connectivity index (χ1n) is 7.26. The second-order valence-corrected chi connectivity index (χ2v) is 5.74. The van der Waals surface area contributed by atoms with Crippen molar-refractivity contribution in [1.29, 1.82) is 5.41 Å². The van der Waals surface area contributed by atoms with Gasteiger partial charge in [-0.3, -0.25) is 5.41 Å². The normalized spacial score (nSPS) is 28.4. The summed E-state index contributed by atoms with van der Waals surface area (Å²) in [5.74, 6) is 1.51. The highest BCUT2D eigenvalue weighted by atomic mass is 15.3. The van der Waals surface area contributed by atoms with Crippen LogP contribution in [0.25, 0.3) is 0 Å². The molecule has 17 heavy (non-hydrogen) atoms. The largest absolute Gasteiger partial charge is 0.356 e. The van der Waals surface area contributed by atoms with E-state index in [0.29, 0.717) is 12.0 Å². The van der Waals surface area contributed by atoms with Crippen LogP contribution in [0, 0.1) is 11.3 Å². The number of nitrogens with zero attached hydrogens (tertiary/aromatic N) is 2. The number of hydrogen-bond donors (Lipinski definition) is 1. The molecule has 0 bridgehead atoms. The molecular weight excluding hydrogens is 210 g/mol. The Hall–Kier alpha value is -0.570. The fourth-order valence-corrected chi connectivity index (χ4v) is 3.34. The molecule has 98 valence electrons. The maximum Gasteiger partial charge on any atom is 0.0992 e. The van der Waals surface area contributed by atoms with E-state index >= 15 is 0 Å². The molecule has 2 rings (SSSR count). The van der Waals surface area contributed by atoms with E-state index in [0.717, 1.165) is 18.9 Å². The minimum Gasteiger partial charge on any atom is -0.356 e. The molecule has 0 aromatic carbocycles. The van der Waals surface area contributed by atoms with Gasteiger partial charge in [0.2, 0.25) is 0 Å². The Balaban J connectivity index is 2.02. The molecule has 0 spiro atoms. The van der Waals surface area contributed by atoms with Crippen LogP contribution in [-0.2, 0) is 0 Å². The third-order valence-electron chi connectivity index (χ3n) is 4.42. The van der Waals surface area contributed by atoms with Crippen molar-refractivity contribution in [2.24, 2.45) is 5.92 Å². The van der Waals surface area contributed by atoms with Crippen molar-refractivity contribution in [2.45, 2.75) is 51.5 Å². The molecule has 2 fully saturated rings. The summed E-state index contributed by atoms with van der Waals surface area (Å²) in [4.78, 5) is 4.84. The van der Waals surface area contributed by atoms with E-state index in [-0.39, 0.29) is 0 Å². The van der Waals surface area contributed by atoms with E-state index < -0.39 is 0 Å². The Kier molecular flexibility index (Phi) is 4.43. The zero-order valence-electron chi connectivity index (χ0n) is 11.4. The summed E-state index contributed by atoms with van der Waals surface area (Å²) in [5, 5.41) is 8.48. The second kappa shape index (κ2) is 5.85. The highest BCUT2D eigenvalue weighted by Gasteiger charge is 2.29. The van der Waals surface area contributed by atoms with Gasteiger partial charge >= 0.3 is 0 Å². The zero-order chi connectivity index (χ0) is 12.3. The van der Waals surface area contributed by atoms with Crippen molar-refractivity contribution in [1.82, 2.24) is 9.80 Å². The molecule has 2 aliphatic rings. The Morgan fingerprint density at radius 3 is 2.53 bits per heavy atom. The lowest BCUT2D eigenvalue weighted by atomic mass is 10.0. The maximum absolute atomic E-state index is 8.48. The van der Waals surface area contributed by atoms with Crippen LogP contribution < -0.4 is 0 Å². The molecule has 1 aliphatic carbocycles. The van der Waals surface area contributed by atoms with E-state index in [1.54, 1.807) is 0 Å². The molecule has 1 atom stereocenters. The highest BCUT2D eigenvalue weighted by molar-refractivity contribution is 5.82. The maximum atomic E-state index is 8.48. The quantitative estimate of drug-likeness (QED) is 0.591. The summed E-state index contributed by atoms with van der Waals surface area (Å²) in [6.07, 6.45) is 7.54. The number of rotatable bonds is 2. The van der Waals surface area contributed by atoms with E-state index in [2.05, 4.69) is 23.8 Å². The lowest BCUT2D eigenvalue weighted by Crippen LogP contribution is -2.45.